The van der Waals surface area contributed by atoms with Gasteiger partial charge in [0.05, 0.1) is 27.8 Å². The number of aryl methyl sites for hydroxylation is 1. The summed E-state index contributed by atoms with van der Waals surface area (Å²) >= 11 is 0. The van der Waals surface area contributed by atoms with Gasteiger partial charge in [-0.25, -0.2) is 0 Å². The van der Waals surface area contributed by atoms with Crippen molar-refractivity contribution in [1.29, 1.82) is 0 Å². The van der Waals surface area contributed by atoms with Crippen molar-refractivity contribution in [3.8, 4) is 22.5 Å². The van der Waals surface area contributed by atoms with Crippen LogP contribution in [0.25, 0.3) is 33.4 Å². The van der Waals surface area contributed by atoms with Crippen molar-refractivity contribution in [2.24, 2.45) is 0 Å². The normalized spacial score (nSPS) is 14.6. The molecule has 0 saturated carbocycles. The van der Waals surface area contributed by atoms with Crippen LogP contribution < -0.4 is 9.80 Å². The molecule has 3 nitrogen and oxygen atoms in total. The van der Waals surface area contributed by atoms with E-state index in [2.05, 4.69) is 112 Å². The van der Waals surface area contributed by atoms with Crippen LogP contribution in [-0.4, -0.2) is 0 Å². The summed E-state index contributed by atoms with van der Waals surface area (Å²) in [6.07, 6.45) is 0. The van der Waals surface area contributed by atoms with Crippen molar-refractivity contribution in [2.45, 2.75) is 85.1 Å². The van der Waals surface area contributed by atoms with E-state index in [-0.39, 0.29) is 75.5 Å². The van der Waals surface area contributed by atoms with Crippen LogP contribution in [0.2, 0.25) is 0 Å². The van der Waals surface area contributed by atoms with Crippen LogP contribution in [0.1, 0.15) is 105 Å². The van der Waals surface area contributed by atoms with Gasteiger partial charge >= 0.3 is 0 Å². The topological polar surface area (TPSA) is 19.6 Å². The summed E-state index contributed by atoms with van der Waals surface area (Å²) < 4.78 is 115. The van der Waals surface area contributed by atoms with Crippen molar-refractivity contribution in [3.05, 3.63) is 233 Å². The van der Waals surface area contributed by atoms with Crippen LogP contribution in [-0.2, 0) is 22.8 Å². The summed E-state index contributed by atoms with van der Waals surface area (Å²) in [6.45, 7) is 18.0. The van der Waals surface area contributed by atoms with E-state index >= 15 is 0 Å². The fourth-order valence-electron chi connectivity index (χ4n) is 8.37. The Hall–Kier alpha value is -7.10. The second kappa shape index (κ2) is 17.7. The van der Waals surface area contributed by atoms with E-state index in [1.54, 1.807) is 4.90 Å². The number of fused-ring (bicyclic) bond motifs is 1. The first kappa shape index (κ1) is 31.7. The highest BCUT2D eigenvalue weighted by Crippen LogP contribution is 2.47. The Morgan fingerprint density at radius 1 is 0.500 bits per heavy atom. The first-order valence-corrected chi connectivity index (χ1v) is 22.4. The monoisotopic (exact) mass is 875 g/mol. The first-order chi connectivity index (χ1) is 36.6. The number of hydrogen-bond acceptors (Lipinski definition) is 3. The van der Waals surface area contributed by atoms with Gasteiger partial charge in [-0.3, -0.25) is 0 Å². The van der Waals surface area contributed by atoms with Crippen LogP contribution in [0.3, 0.4) is 0 Å². The molecule has 330 valence electrons. The summed E-state index contributed by atoms with van der Waals surface area (Å²) in [6, 6.07) is 37.5. The number of nitrogens with zero attached hydrogens (tertiary/aromatic N) is 2. The lowest BCUT2D eigenvalue weighted by molar-refractivity contribution is 0.590. The maximum atomic E-state index is 9.77. The Kier molecular flexibility index (Phi) is 8.51. The minimum absolute atomic E-state index is 0.0217. The zero-order chi connectivity index (χ0) is 56.7. The molecule has 0 amide bonds. The van der Waals surface area contributed by atoms with E-state index in [4.69, 9.17) is 12.6 Å². The van der Waals surface area contributed by atoms with Gasteiger partial charge < -0.3 is 14.2 Å². The van der Waals surface area contributed by atoms with E-state index < -0.39 is 58.9 Å². The number of benzene rings is 8. The quantitative estimate of drug-likeness (QED) is 0.129. The summed E-state index contributed by atoms with van der Waals surface area (Å²) in [5.74, 6) is -0.400. The third-order valence-corrected chi connectivity index (χ3v) is 12.2. The standard InChI is InChI=1S/C63H62N2O/c1-44-37-53(64(43-45-31-33-48(34-32-45)61(2,3)4)57-29-20-30-59-56(57)42-60(66-59)47-23-15-11-16-24-47)41-54(38-44)65(52-28-19-27-51(39-52)63(8,9)49-25-17-12-18-26-49)58-36-35-50(62(5,6)7)40-55(58)46-21-13-10-14-22-46/h10-42H,43H2,1-9H3/i11D,15D,16D,20D,23D,24D,30D,31D,32D,33D,34D,42D. The fourth-order valence-corrected chi connectivity index (χ4v) is 8.37. The molecule has 0 radical (unpaired) electrons. The van der Waals surface area contributed by atoms with Gasteiger partial charge in [-0.2, -0.15) is 0 Å². The molecule has 0 fully saturated rings. The van der Waals surface area contributed by atoms with E-state index in [0.29, 0.717) is 11.4 Å². The van der Waals surface area contributed by atoms with E-state index in [1.807, 2.05) is 76.2 Å². The third kappa shape index (κ3) is 9.08. The van der Waals surface area contributed by atoms with Gasteiger partial charge in [0.2, 0.25) is 0 Å². The van der Waals surface area contributed by atoms with Crippen LogP contribution in [0.4, 0.5) is 28.4 Å². The number of furan rings is 1. The SMILES string of the molecule is [2H]c1cc(N(Cc2c([2H])c([2H])c(C(C)(C)C)c([2H])c2[2H])c2cc(C)cc(N(c3cccc(C(C)(C)c4ccccc4)c3)c3ccc(C(C)(C)C)cc3-c3ccccc3)c2)c2c([2H])c(-c3c([2H])c([2H])c([2H])c([2H])c3[2H])oc2c1[2H]. The van der Waals surface area contributed by atoms with Gasteiger partial charge in [0.25, 0.3) is 0 Å². The average Bonchev–Trinajstić information content (AvgIpc) is 3.98. The summed E-state index contributed by atoms with van der Waals surface area (Å²) in [7, 11) is 0. The van der Waals surface area contributed by atoms with E-state index in [0.717, 1.165) is 44.8 Å². The highest BCUT2D eigenvalue weighted by atomic mass is 16.3. The highest BCUT2D eigenvalue weighted by Gasteiger charge is 2.27. The number of anilines is 5. The van der Waals surface area contributed by atoms with Crippen LogP contribution in [0, 0.1) is 6.92 Å². The molecular formula is C63H62N2O. The molecule has 0 aliphatic rings. The summed E-state index contributed by atoms with van der Waals surface area (Å²) in [5, 5.41) is -0.0285. The van der Waals surface area contributed by atoms with Crippen molar-refractivity contribution in [2.75, 3.05) is 9.80 Å². The van der Waals surface area contributed by atoms with Gasteiger partial charge in [-0.1, -0.05) is 195 Å². The highest BCUT2D eigenvalue weighted by molar-refractivity contribution is 5.97. The summed E-state index contributed by atoms with van der Waals surface area (Å²) in [4.78, 5) is 3.90. The zero-order valence-electron chi connectivity index (χ0n) is 51.1. The molecule has 66 heavy (non-hydrogen) atoms. The smallest absolute Gasteiger partial charge is 0.136 e. The van der Waals surface area contributed by atoms with E-state index in [1.165, 1.54) is 6.07 Å². The Balaban J connectivity index is 1.37. The maximum Gasteiger partial charge on any atom is 0.136 e. The van der Waals surface area contributed by atoms with Crippen LogP contribution in [0.15, 0.2) is 204 Å². The first-order valence-electron chi connectivity index (χ1n) is 28.4. The van der Waals surface area contributed by atoms with Crippen molar-refractivity contribution < 1.29 is 20.9 Å². The summed E-state index contributed by atoms with van der Waals surface area (Å²) in [5.41, 5.74) is 7.20. The number of hydrogen-bond donors (Lipinski definition) is 0. The molecule has 9 rings (SSSR count). The number of rotatable bonds is 11. The molecule has 0 aliphatic heterocycles. The Morgan fingerprint density at radius 2 is 1.17 bits per heavy atom. The predicted octanol–water partition coefficient (Wildman–Crippen LogP) is 17.8. The molecule has 0 bridgehead atoms. The van der Waals surface area contributed by atoms with Gasteiger partial charge in [0.1, 0.15) is 11.3 Å². The van der Waals surface area contributed by atoms with Gasteiger partial charge in [0, 0.05) is 45.5 Å². The van der Waals surface area contributed by atoms with Gasteiger partial charge in [-0.15, -0.1) is 0 Å². The van der Waals surface area contributed by atoms with Gasteiger partial charge in [-0.05, 0) is 117 Å². The molecule has 0 saturated heterocycles. The lowest BCUT2D eigenvalue weighted by Crippen LogP contribution is -2.20. The Bertz CT molecular complexity index is 3760. The predicted molar refractivity (Wildman–Crippen MR) is 281 cm³/mol. The molecule has 3 heteroatoms. The molecule has 8 aromatic carbocycles. The molecule has 0 N–H and O–H groups in total. The van der Waals surface area contributed by atoms with Crippen LogP contribution in [0.5, 0.6) is 0 Å². The van der Waals surface area contributed by atoms with Crippen LogP contribution >= 0.6 is 0 Å². The average molecular weight is 875 g/mol. The fraction of sp³-hybridized carbons (Fsp3) is 0.206. The maximum absolute atomic E-state index is 9.77. The third-order valence-electron chi connectivity index (χ3n) is 12.2. The van der Waals surface area contributed by atoms with Crippen molar-refractivity contribution >= 4 is 39.4 Å². The second-order valence-electron chi connectivity index (χ2n) is 19.5. The largest absolute Gasteiger partial charge is 0.456 e. The second-order valence-corrected chi connectivity index (χ2v) is 19.5. The molecule has 9 aromatic rings. The Labute approximate surface area is 409 Å². The van der Waals surface area contributed by atoms with E-state index in [9.17, 15) is 8.22 Å². The molecule has 0 spiro atoms. The molecule has 0 aliphatic carbocycles. The Morgan fingerprint density at radius 3 is 1.86 bits per heavy atom. The molecule has 0 atom stereocenters. The molecule has 1 aromatic heterocycles. The minimum Gasteiger partial charge on any atom is -0.456 e. The van der Waals surface area contributed by atoms with Crippen molar-refractivity contribution in [1.82, 2.24) is 0 Å². The molecule has 1 heterocycles. The minimum atomic E-state index is -0.753. The lowest BCUT2D eigenvalue weighted by Gasteiger charge is -2.33. The molecule has 0 unspecified atom stereocenters. The zero-order valence-corrected chi connectivity index (χ0v) is 39.1. The van der Waals surface area contributed by atoms with Crippen molar-refractivity contribution in [3.63, 3.8) is 0 Å². The molecular weight excluding hydrogens is 801 g/mol. The van der Waals surface area contributed by atoms with Gasteiger partial charge in [0.15, 0.2) is 0 Å². The lowest BCUT2D eigenvalue weighted by atomic mass is 9.78.